The molecular weight excluding hydrogens is 264 g/mol. The third-order valence-electron chi connectivity index (χ3n) is 2.75. The lowest BCUT2D eigenvalue weighted by atomic mass is 10.3. The van der Waals surface area contributed by atoms with Gasteiger partial charge in [-0.15, -0.1) is 0 Å². The predicted molar refractivity (Wildman–Crippen MR) is 60.4 cm³/mol. The molecule has 1 aromatic carbocycles. The fraction of sp³-hybridized carbons (Fsp3) is 0.455. The molecule has 0 aliphatic heterocycles. The number of hydrogen-bond donors (Lipinski definition) is 1. The maximum absolute atomic E-state index is 13.5. The number of halogens is 2. The maximum Gasteiger partial charge on any atom is 0.246 e. The molecule has 4 nitrogen and oxygen atoms in total. The Morgan fingerprint density at radius 1 is 1.33 bits per heavy atom. The van der Waals surface area contributed by atoms with Crippen molar-refractivity contribution in [1.82, 2.24) is 4.31 Å². The van der Waals surface area contributed by atoms with Gasteiger partial charge in [-0.05, 0) is 31.0 Å². The predicted octanol–water partition coefficient (Wildman–Crippen LogP) is 1.11. The Balaban J connectivity index is 2.42. The van der Waals surface area contributed by atoms with E-state index >= 15 is 0 Å². The maximum atomic E-state index is 13.5. The smallest absolute Gasteiger partial charge is 0.246 e. The number of aliphatic hydroxyl groups is 1. The van der Waals surface area contributed by atoms with Gasteiger partial charge in [0.15, 0.2) is 0 Å². The molecule has 2 rings (SSSR count). The van der Waals surface area contributed by atoms with Gasteiger partial charge < -0.3 is 5.11 Å². The normalized spacial score (nSPS) is 16.2. The first-order valence-electron chi connectivity index (χ1n) is 5.54. The van der Waals surface area contributed by atoms with Crippen molar-refractivity contribution in [3.8, 4) is 0 Å². The van der Waals surface area contributed by atoms with Crippen molar-refractivity contribution >= 4 is 10.0 Å². The van der Waals surface area contributed by atoms with E-state index in [2.05, 4.69) is 0 Å². The zero-order valence-electron chi connectivity index (χ0n) is 9.51. The molecule has 100 valence electrons. The molecule has 0 heterocycles. The van der Waals surface area contributed by atoms with Crippen LogP contribution in [0, 0.1) is 11.6 Å². The standard InChI is InChI=1S/C11H13F2NO3S/c12-8-1-4-10(13)11(7-8)18(16,17)14(5-6-15)9-2-3-9/h1,4,7,9,15H,2-3,5-6H2. The van der Waals surface area contributed by atoms with Gasteiger partial charge in [0.1, 0.15) is 16.5 Å². The van der Waals surface area contributed by atoms with E-state index in [1.165, 1.54) is 0 Å². The van der Waals surface area contributed by atoms with Crippen LogP contribution >= 0.6 is 0 Å². The Morgan fingerprint density at radius 3 is 2.56 bits per heavy atom. The second-order valence-corrected chi connectivity index (χ2v) is 6.00. The van der Waals surface area contributed by atoms with Crippen LogP contribution in [0.25, 0.3) is 0 Å². The molecule has 1 fully saturated rings. The second-order valence-electron chi connectivity index (χ2n) is 4.15. The number of sulfonamides is 1. The lowest BCUT2D eigenvalue weighted by Crippen LogP contribution is -2.36. The number of aliphatic hydroxyl groups excluding tert-OH is 1. The van der Waals surface area contributed by atoms with E-state index in [0.29, 0.717) is 18.9 Å². The molecule has 1 aliphatic carbocycles. The fourth-order valence-electron chi connectivity index (χ4n) is 1.76. The molecule has 0 unspecified atom stereocenters. The highest BCUT2D eigenvalue weighted by Crippen LogP contribution is 2.32. The van der Waals surface area contributed by atoms with Crippen LogP contribution in [0.3, 0.4) is 0 Å². The van der Waals surface area contributed by atoms with Crippen molar-refractivity contribution in [3.63, 3.8) is 0 Å². The van der Waals surface area contributed by atoms with Gasteiger partial charge in [0.05, 0.1) is 6.61 Å². The summed E-state index contributed by atoms with van der Waals surface area (Å²) >= 11 is 0. The molecule has 0 amide bonds. The minimum absolute atomic E-state index is 0.108. The highest BCUT2D eigenvalue weighted by Gasteiger charge is 2.38. The molecule has 1 aliphatic rings. The number of rotatable bonds is 5. The van der Waals surface area contributed by atoms with Crippen molar-refractivity contribution < 1.29 is 22.3 Å². The summed E-state index contributed by atoms with van der Waals surface area (Å²) in [4.78, 5) is -0.678. The van der Waals surface area contributed by atoms with Crippen molar-refractivity contribution in [2.45, 2.75) is 23.8 Å². The Bertz CT molecular complexity index is 543. The van der Waals surface area contributed by atoms with E-state index in [1.54, 1.807) is 0 Å². The molecule has 1 aromatic rings. The Morgan fingerprint density at radius 2 is 2.00 bits per heavy atom. The number of benzene rings is 1. The first kappa shape index (κ1) is 13.4. The van der Waals surface area contributed by atoms with Crippen LogP contribution in [0.15, 0.2) is 23.1 Å². The van der Waals surface area contributed by atoms with Gasteiger partial charge in [0.2, 0.25) is 10.0 Å². The summed E-state index contributed by atoms with van der Waals surface area (Å²) < 4.78 is 52.0. The summed E-state index contributed by atoms with van der Waals surface area (Å²) in [6.07, 6.45) is 1.35. The van der Waals surface area contributed by atoms with Gasteiger partial charge in [0, 0.05) is 12.6 Å². The summed E-state index contributed by atoms with van der Waals surface area (Å²) in [6.45, 7) is -0.463. The van der Waals surface area contributed by atoms with Gasteiger partial charge in [0.25, 0.3) is 0 Å². The monoisotopic (exact) mass is 277 g/mol. The van der Waals surface area contributed by atoms with Gasteiger partial charge in [-0.2, -0.15) is 4.31 Å². The summed E-state index contributed by atoms with van der Waals surface area (Å²) in [5.41, 5.74) is 0. The van der Waals surface area contributed by atoms with Crippen molar-refractivity contribution in [2.75, 3.05) is 13.2 Å². The summed E-state index contributed by atoms with van der Waals surface area (Å²) in [5.74, 6) is -1.80. The highest BCUT2D eigenvalue weighted by atomic mass is 32.2. The molecular formula is C11H13F2NO3S. The van der Waals surface area contributed by atoms with E-state index in [0.717, 1.165) is 16.4 Å². The molecule has 7 heteroatoms. The van der Waals surface area contributed by atoms with Gasteiger partial charge >= 0.3 is 0 Å². The minimum Gasteiger partial charge on any atom is -0.395 e. The van der Waals surface area contributed by atoms with E-state index in [9.17, 15) is 17.2 Å². The van der Waals surface area contributed by atoms with E-state index in [4.69, 9.17) is 5.11 Å². The average Bonchev–Trinajstić information content (AvgIpc) is 3.13. The largest absolute Gasteiger partial charge is 0.395 e. The van der Waals surface area contributed by atoms with Crippen molar-refractivity contribution in [3.05, 3.63) is 29.8 Å². The third-order valence-corrected chi connectivity index (χ3v) is 4.72. The van der Waals surface area contributed by atoms with E-state index < -0.39 is 26.6 Å². The first-order valence-corrected chi connectivity index (χ1v) is 6.98. The van der Waals surface area contributed by atoms with E-state index in [1.807, 2.05) is 0 Å². The third kappa shape index (κ3) is 2.52. The lowest BCUT2D eigenvalue weighted by molar-refractivity contribution is 0.250. The average molecular weight is 277 g/mol. The Labute approximate surface area is 104 Å². The zero-order chi connectivity index (χ0) is 13.3. The molecule has 0 atom stereocenters. The first-order chi connectivity index (χ1) is 8.46. The zero-order valence-corrected chi connectivity index (χ0v) is 10.3. The molecule has 18 heavy (non-hydrogen) atoms. The van der Waals surface area contributed by atoms with Gasteiger partial charge in [-0.1, -0.05) is 0 Å². The SMILES string of the molecule is O=S(=O)(c1cc(F)ccc1F)N(CCO)C1CC1. The van der Waals surface area contributed by atoms with Crippen LogP contribution in [0.1, 0.15) is 12.8 Å². The molecule has 1 N–H and O–H groups in total. The van der Waals surface area contributed by atoms with Crippen LogP contribution in [0.4, 0.5) is 8.78 Å². The number of nitrogens with zero attached hydrogens (tertiary/aromatic N) is 1. The van der Waals surface area contributed by atoms with Crippen LogP contribution in [-0.4, -0.2) is 37.0 Å². The van der Waals surface area contributed by atoms with Crippen molar-refractivity contribution in [1.29, 1.82) is 0 Å². The molecule has 0 radical (unpaired) electrons. The summed E-state index contributed by atoms with van der Waals surface area (Å²) in [5, 5.41) is 8.87. The second kappa shape index (κ2) is 4.91. The van der Waals surface area contributed by atoms with E-state index in [-0.39, 0.29) is 19.2 Å². The molecule has 1 saturated carbocycles. The van der Waals surface area contributed by atoms with Crippen LogP contribution < -0.4 is 0 Å². The Hall–Kier alpha value is -1.05. The Kier molecular flexibility index (Phi) is 3.65. The fourth-order valence-corrected chi connectivity index (χ4v) is 3.52. The van der Waals surface area contributed by atoms with Crippen LogP contribution in [0.2, 0.25) is 0 Å². The van der Waals surface area contributed by atoms with Gasteiger partial charge in [-0.3, -0.25) is 0 Å². The minimum atomic E-state index is -4.09. The van der Waals surface area contributed by atoms with Crippen LogP contribution in [-0.2, 0) is 10.0 Å². The van der Waals surface area contributed by atoms with Crippen LogP contribution in [0.5, 0.6) is 0 Å². The molecule has 0 saturated heterocycles. The topological polar surface area (TPSA) is 57.6 Å². The number of hydrogen-bond acceptors (Lipinski definition) is 3. The molecule has 0 aromatic heterocycles. The molecule has 0 bridgehead atoms. The molecule has 0 spiro atoms. The highest BCUT2D eigenvalue weighted by molar-refractivity contribution is 7.89. The lowest BCUT2D eigenvalue weighted by Gasteiger charge is -2.21. The summed E-state index contributed by atoms with van der Waals surface area (Å²) in [7, 11) is -4.09. The van der Waals surface area contributed by atoms with Gasteiger partial charge in [-0.25, -0.2) is 17.2 Å². The quantitative estimate of drug-likeness (QED) is 0.877. The van der Waals surface area contributed by atoms with Crippen molar-refractivity contribution in [2.24, 2.45) is 0 Å². The summed E-state index contributed by atoms with van der Waals surface area (Å²) in [6, 6.07) is 2.09.